The number of urea groups is 1. The third kappa shape index (κ3) is 5.53. The van der Waals surface area contributed by atoms with Crippen LogP contribution >= 0.6 is 0 Å². The Bertz CT molecular complexity index is 1420. The summed E-state index contributed by atoms with van der Waals surface area (Å²) in [6.45, 7) is 1.43. The van der Waals surface area contributed by atoms with Crippen LogP contribution in [0.3, 0.4) is 0 Å². The molecule has 0 aliphatic carbocycles. The van der Waals surface area contributed by atoms with Crippen LogP contribution in [-0.4, -0.2) is 47.9 Å². The molecule has 4 aromatic rings. The van der Waals surface area contributed by atoms with E-state index in [0.29, 0.717) is 30.1 Å². The van der Waals surface area contributed by atoms with Crippen molar-refractivity contribution in [1.29, 1.82) is 0 Å². The van der Waals surface area contributed by atoms with Gasteiger partial charge in [-0.2, -0.15) is 0 Å². The first-order valence-corrected chi connectivity index (χ1v) is 11.5. The van der Waals surface area contributed by atoms with E-state index in [0.717, 1.165) is 17.6 Å². The quantitative estimate of drug-likeness (QED) is 0.356. The molecule has 0 bridgehead atoms. The Balaban J connectivity index is 1.13. The van der Waals surface area contributed by atoms with Crippen LogP contribution in [0.25, 0.3) is 5.69 Å². The molecule has 1 aliphatic heterocycles. The number of hydrogen-bond acceptors (Lipinski definition) is 6. The second-order valence-electron chi connectivity index (χ2n) is 8.43. The molecule has 0 unspecified atom stereocenters. The Hall–Kier alpha value is -4.86. The summed E-state index contributed by atoms with van der Waals surface area (Å²) in [6, 6.07) is 17.0. The van der Waals surface area contributed by atoms with Gasteiger partial charge in [-0.3, -0.25) is 4.98 Å². The van der Waals surface area contributed by atoms with E-state index in [1.165, 1.54) is 19.4 Å². The number of nitrogens with one attached hydrogen (secondary N) is 2. The van der Waals surface area contributed by atoms with Gasteiger partial charge in [0.15, 0.2) is 0 Å². The first-order chi connectivity index (χ1) is 18.0. The van der Waals surface area contributed by atoms with Crippen molar-refractivity contribution in [2.24, 2.45) is 0 Å². The van der Waals surface area contributed by atoms with Gasteiger partial charge in [-0.05, 0) is 42.5 Å². The molecule has 5 rings (SSSR count). The molecule has 9 nitrogen and oxygen atoms in total. The smallest absolute Gasteiger partial charge is 0.339 e. The van der Waals surface area contributed by atoms with Crippen molar-refractivity contribution in [3.8, 4) is 11.4 Å². The molecule has 2 aromatic carbocycles. The molecule has 188 valence electrons. The predicted molar refractivity (Wildman–Crippen MR) is 137 cm³/mol. The van der Waals surface area contributed by atoms with Crippen LogP contribution in [0.1, 0.15) is 10.4 Å². The lowest BCUT2D eigenvalue weighted by Crippen LogP contribution is -2.53. The van der Waals surface area contributed by atoms with Gasteiger partial charge in [0.05, 0.1) is 55.2 Å². The summed E-state index contributed by atoms with van der Waals surface area (Å²) in [5.74, 6) is -0.223. The summed E-state index contributed by atoms with van der Waals surface area (Å²) >= 11 is 0. The number of hydrogen-bond donors (Lipinski definition) is 2. The maximum atomic E-state index is 13.2. The normalized spacial score (nSPS) is 13.0. The average Bonchev–Trinajstić information content (AvgIpc) is 3.36. The minimum absolute atomic E-state index is 0.0216. The first kappa shape index (κ1) is 23.9. The number of esters is 1. The van der Waals surface area contributed by atoms with Crippen LogP contribution in [-0.2, 0) is 4.74 Å². The van der Waals surface area contributed by atoms with E-state index in [4.69, 9.17) is 9.47 Å². The zero-order valence-electron chi connectivity index (χ0n) is 19.9. The minimum Gasteiger partial charge on any atom is -0.487 e. The molecule has 2 amide bonds. The highest BCUT2D eigenvalue weighted by molar-refractivity contribution is 5.99. The number of nitrogens with zero attached hydrogens (tertiary/aromatic N) is 3. The first-order valence-electron chi connectivity index (χ1n) is 11.5. The van der Waals surface area contributed by atoms with Gasteiger partial charge in [-0.25, -0.2) is 14.0 Å². The third-order valence-electron chi connectivity index (χ3n) is 5.86. The summed E-state index contributed by atoms with van der Waals surface area (Å²) in [7, 11) is 1.37. The zero-order valence-corrected chi connectivity index (χ0v) is 19.9. The van der Waals surface area contributed by atoms with Crippen LogP contribution in [0.5, 0.6) is 5.75 Å². The van der Waals surface area contributed by atoms with Gasteiger partial charge < -0.3 is 29.6 Å². The maximum absolute atomic E-state index is 13.2. The number of carbonyl (C=O) groups is 2. The Morgan fingerprint density at radius 3 is 2.51 bits per heavy atom. The van der Waals surface area contributed by atoms with Crippen molar-refractivity contribution in [3.05, 3.63) is 96.8 Å². The van der Waals surface area contributed by atoms with Crippen molar-refractivity contribution in [2.75, 3.05) is 35.7 Å². The van der Waals surface area contributed by atoms with Gasteiger partial charge in [0.1, 0.15) is 17.7 Å². The molecular weight excluding hydrogens is 477 g/mol. The predicted octanol–water partition coefficient (Wildman–Crippen LogP) is 4.71. The van der Waals surface area contributed by atoms with Gasteiger partial charge in [0.25, 0.3) is 0 Å². The van der Waals surface area contributed by atoms with Crippen LogP contribution in [0, 0.1) is 5.82 Å². The Kier molecular flexibility index (Phi) is 6.71. The van der Waals surface area contributed by atoms with Crippen molar-refractivity contribution in [3.63, 3.8) is 0 Å². The fraction of sp³-hybridized carbons (Fsp3) is 0.148. The SMILES string of the molecule is COC(=O)c1ccccc1-n1ccc(N2CC(Oc3ccc(NC(=O)Nc4cncc(F)c4)cc3)C2)c1. The molecule has 3 heterocycles. The van der Waals surface area contributed by atoms with Crippen molar-refractivity contribution in [1.82, 2.24) is 9.55 Å². The minimum atomic E-state index is -0.532. The Morgan fingerprint density at radius 2 is 1.76 bits per heavy atom. The van der Waals surface area contributed by atoms with Gasteiger partial charge in [-0.1, -0.05) is 12.1 Å². The lowest BCUT2D eigenvalue weighted by Gasteiger charge is -2.40. The van der Waals surface area contributed by atoms with E-state index in [1.54, 1.807) is 36.4 Å². The number of anilines is 3. The molecule has 1 fully saturated rings. The molecule has 0 saturated carbocycles. The maximum Gasteiger partial charge on any atom is 0.339 e. The highest BCUT2D eigenvalue weighted by atomic mass is 19.1. The van der Waals surface area contributed by atoms with E-state index < -0.39 is 11.8 Å². The van der Waals surface area contributed by atoms with Crippen molar-refractivity contribution < 1.29 is 23.5 Å². The lowest BCUT2D eigenvalue weighted by atomic mass is 10.1. The molecule has 1 saturated heterocycles. The summed E-state index contributed by atoms with van der Waals surface area (Å²) < 4.78 is 26.0. The second-order valence-corrected chi connectivity index (χ2v) is 8.43. The molecule has 10 heteroatoms. The fourth-order valence-electron chi connectivity index (χ4n) is 4.01. The van der Waals surface area contributed by atoms with Gasteiger partial charge in [0.2, 0.25) is 0 Å². The number of rotatable bonds is 7. The molecule has 0 spiro atoms. The topological polar surface area (TPSA) is 97.7 Å². The highest BCUT2D eigenvalue weighted by Gasteiger charge is 2.29. The van der Waals surface area contributed by atoms with Crippen LogP contribution in [0.2, 0.25) is 0 Å². The van der Waals surface area contributed by atoms with Crippen LogP contribution < -0.4 is 20.3 Å². The van der Waals surface area contributed by atoms with E-state index in [-0.39, 0.29) is 17.8 Å². The van der Waals surface area contributed by atoms with E-state index in [2.05, 4.69) is 20.5 Å². The molecule has 37 heavy (non-hydrogen) atoms. The number of aromatic nitrogens is 2. The van der Waals surface area contributed by atoms with Crippen molar-refractivity contribution in [2.45, 2.75) is 6.10 Å². The van der Waals surface area contributed by atoms with Gasteiger partial charge in [0, 0.05) is 24.1 Å². The molecule has 2 N–H and O–H groups in total. The van der Waals surface area contributed by atoms with E-state index in [9.17, 15) is 14.0 Å². The summed E-state index contributed by atoms with van der Waals surface area (Å²) in [5, 5.41) is 5.21. The number of halogens is 1. The average molecular weight is 502 g/mol. The van der Waals surface area contributed by atoms with E-state index >= 15 is 0 Å². The van der Waals surface area contributed by atoms with E-state index in [1.807, 2.05) is 35.2 Å². The number of pyridine rings is 1. The number of amides is 2. The number of para-hydroxylation sites is 1. The molecular formula is C27H24FN5O4. The molecule has 0 atom stereocenters. The number of carbonyl (C=O) groups excluding carboxylic acids is 2. The van der Waals surface area contributed by atoms with Crippen molar-refractivity contribution >= 4 is 29.1 Å². The standard InChI is InChI=1S/C27H24FN5O4/c1-36-26(34)24-4-2-3-5-25(24)32-11-10-21(15-32)33-16-23(17-33)37-22-8-6-19(7-9-22)30-27(35)31-20-12-18(28)13-29-14-20/h2-15,23H,16-17H2,1H3,(H2,30,31,35). The number of ether oxygens (including phenoxy) is 2. The molecule has 0 radical (unpaired) electrons. The Labute approximate surface area is 212 Å². The number of benzene rings is 2. The monoisotopic (exact) mass is 501 g/mol. The Morgan fingerprint density at radius 1 is 1.00 bits per heavy atom. The number of methoxy groups -OCH3 is 1. The largest absolute Gasteiger partial charge is 0.487 e. The second kappa shape index (κ2) is 10.4. The van der Waals surface area contributed by atoms with Crippen LogP contribution in [0.4, 0.5) is 26.2 Å². The summed E-state index contributed by atoms with van der Waals surface area (Å²) in [5.41, 5.74) is 3.11. The molecule has 1 aliphatic rings. The highest BCUT2D eigenvalue weighted by Crippen LogP contribution is 2.27. The third-order valence-corrected chi connectivity index (χ3v) is 5.86. The summed E-state index contributed by atoms with van der Waals surface area (Å²) in [6.07, 6.45) is 6.33. The zero-order chi connectivity index (χ0) is 25.8. The molecule has 2 aromatic heterocycles. The summed E-state index contributed by atoms with van der Waals surface area (Å²) in [4.78, 5) is 30.1. The van der Waals surface area contributed by atoms with Gasteiger partial charge in [-0.15, -0.1) is 0 Å². The van der Waals surface area contributed by atoms with Crippen LogP contribution in [0.15, 0.2) is 85.5 Å². The van der Waals surface area contributed by atoms with Gasteiger partial charge >= 0.3 is 12.0 Å². The lowest BCUT2D eigenvalue weighted by molar-refractivity contribution is 0.0600. The fourth-order valence-corrected chi connectivity index (χ4v) is 4.01.